The molecule has 1 unspecified atom stereocenters. The van der Waals surface area contributed by atoms with Crippen LogP contribution >= 0.6 is 0 Å². The second kappa shape index (κ2) is 6.95. The topological polar surface area (TPSA) is 59.2 Å². The molecule has 1 heterocycles. The lowest BCUT2D eigenvalue weighted by Gasteiger charge is -2.24. The molecule has 1 aromatic heterocycles. The number of hydrogen-bond donors (Lipinski definition) is 0. The molecule has 2 aromatic rings. The van der Waals surface area contributed by atoms with Crippen LogP contribution in [0.2, 0.25) is 0 Å². The highest BCUT2D eigenvalue weighted by Crippen LogP contribution is 2.49. The summed E-state index contributed by atoms with van der Waals surface area (Å²) in [5, 5.41) is 3.16. The van der Waals surface area contributed by atoms with Crippen LogP contribution in [0.25, 0.3) is 11.4 Å². The first-order valence-electron chi connectivity index (χ1n) is 8.00. The molecule has 5 nitrogen and oxygen atoms in total. The van der Waals surface area contributed by atoms with Crippen LogP contribution < -0.4 is 0 Å². The summed E-state index contributed by atoms with van der Waals surface area (Å²) in [6, 6.07) is 4.87. The number of halogens is 8. The minimum absolute atomic E-state index is 0.0791. The van der Waals surface area contributed by atoms with Crippen molar-refractivity contribution in [1.82, 2.24) is 15.0 Å². The Kier molecular flexibility index (Phi) is 5.03. The summed E-state index contributed by atoms with van der Waals surface area (Å²) in [6.07, 6.45) is -10.4. The molecule has 1 amide bonds. The van der Waals surface area contributed by atoms with E-state index in [4.69, 9.17) is 0 Å². The fourth-order valence-corrected chi connectivity index (χ4v) is 2.57. The molecular formula is C16H11F8N3O2. The van der Waals surface area contributed by atoms with Gasteiger partial charge in [0.1, 0.15) is 12.5 Å². The maximum Gasteiger partial charge on any atom is 0.471 e. The zero-order chi connectivity index (χ0) is 21.6. The van der Waals surface area contributed by atoms with Crippen molar-refractivity contribution in [3.63, 3.8) is 0 Å². The minimum Gasteiger partial charge on any atom is -0.329 e. The summed E-state index contributed by atoms with van der Waals surface area (Å²) in [5.41, 5.74) is 0.227. The monoisotopic (exact) mass is 429 g/mol. The zero-order valence-corrected chi connectivity index (χ0v) is 14.2. The van der Waals surface area contributed by atoms with E-state index >= 15 is 0 Å². The summed E-state index contributed by atoms with van der Waals surface area (Å²) in [6.45, 7) is -2.31. The molecule has 1 aliphatic carbocycles. The van der Waals surface area contributed by atoms with E-state index in [1.165, 1.54) is 24.3 Å². The molecule has 0 saturated heterocycles. The Hall–Kier alpha value is -2.73. The van der Waals surface area contributed by atoms with E-state index in [1.54, 1.807) is 0 Å². The molecule has 0 N–H and O–H groups in total. The van der Waals surface area contributed by atoms with Crippen LogP contribution in [0.15, 0.2) is 28.8 Å². The highest BCUT2D eigenvalue weighted by Gasteiger charge is 2.62. The SMILES string of the molecule is O=C(C1CC1(F)F)N(Cc1ccc(-c2noc(C(F)(F)F)n2)cc1)CC(F)(F)F. The predicted molar refractivity (Wildman–Crippen MR) is 79.3 cm³/mol. The molecule has 13 heteroatoms. The van der Waals surface area contributed by atoms with Crippen LogP contribution in [0.4, 0.5) is 35.1 Å². The van der Waals surface area contributed by atoms with Crippen LogP contribution in [-0.2, 0) is 17.5 Å². The Morgan fingerprint density at radius 3 is 2.17 bits per heavy atom. The van der Waals surface area contributed by atoms with Crippen molar-refractivity contribution in [2.75, 3.05) is 6.54 Å². The average Bonchev–Trinajstić information content (AvgIpc) is 3.00. The number of amides is 1. The summed E-state index contributed by atoms with van der Waals surface area (Å²) in [5.74, 6) is -8.39. The van der Waals surface area contributed by atoms with Gasteiger partial charge in [0.2, 0.25) is 11.7 Å². The number of alkyl halides is 8. The molecule has 0 spiro atoms. The van der Waals surface area contributed by atoms with Gasteiger partial charge in [-0.15, -0.1) is 0 Å². The van der Waals surface area contributed by atoms with E-state index in [0.29, 0.717) is 0 Å². The van der Waals surface area contributed by atoms with Gasteiger partial charge in [0.15, 0.2) is 0 Å². The van der Waals surface area contributed by atoms with E-state index < -0.39 is 61.3 Å². The summed E-state index contributed by atoms with van der Waals surface area (Å²) in [4.78, 5) is 15.4. The number of hydrogen-bond acceptors (Lipinski definition) is 4. The quantitative estimate of drug-likeness (QED) is 0.666. The second-order valence-corrected chi connectivity index (χ2v) is 6.45. The van der Waals surface area contributed by atoms with Gasteiger partial charge in [-0.25, -0.2) is 8.78 Å². The smallest absolute Gasteiger partial charge is 0.329 e. The number of carbonyl (C=O) groups excluding carboxylic acids is 1. The van der Waals surface area contributed by atoms with Crippen molar-refractivity contribution in [3.05, 3.63) is 35.7 Å². The van der Waals surface area contributed by atoms with Crippen molar-refractivity contribution >= 4 is 5.91 Å². The number of rotatable bonds is 5. The van der Waals surface area contributed by atoms with E-state index in [1.807, 2.05) is 0 Å². The Bertz CT molecular complexity index is 889. The van der Waals surface area contributed by atoms with Crippen LogP contribution in [0.5, 0.6) is 0 Å². The van der Waals surface area contributed by atoms with Gasteiger partial charge in [0.05, 0.1) is 0 Å². The molecule has 1 fully saturated rings. The van der Waals surface area contributed by atoms with Gasteiger partial charge in [-0.2, -0.15) is 31.3 Å². The number of benzene rings is 1. The normalized spacial score (nSPS) is 18.6. The number of carbonyl (C=O) groups is 1. The highest BCUT2D eigenvalue weighted by molar-refractivity contribution is 5.83. The lowest BCUT2D eigenvalue weighted by atomic mass is 10.1. The summed E-state index contributed by atoms with van der Waals surface area (Å²) < 4.78 is 106. The Balaban J connectivity index is 1.75. The maximum absolute atomic E-state index is 13.1. The fourth-order valence-electron chi connectivity index (χ4n) is 2.57. The standard InChI is InChI=1S/C16H11F8N3O2/c17-14(18)5-10(14)12(28)27(7-15(19,20)21)6-8-1-3-9(4-2-8)11-25-13(29-26-11)16(22,23)24/h1-4,10H,5-7H2. The Morgan fingerprint density at radius 1 is 1.14 bits per heavy atom. The van der Waals surface area contributed by atoms with E-state index in [0.717, 1.165) is 0 Å². The first-order chi connectivity index (χ1) is 13.3. The van der Waals surface area contributed by atoms with Crippen LogP contribution in [0.3, 0.4) is 0 Å². The molecule has 0 bridgehead atoms. The van der Waals surface area contributed by atoms with E-state index in [-0.39, 0.29) is 16.0 Å². The van der Waals surface area contributed by atoms with Gasteiger partial charge >= 0.3 is 18.2 Å². The second-order valence-electron chi connectivity index (χ2n) is 6.45. The van der Waals surface area contributed by atoms with Gasteiger partial charge in [-0.3, -0.25) is 4.79 Å². The van der Waals surface area contributed by atoms with Crippen LogP contribution in [0.1, 0.15) is 17.9 Å². The largest absolute Gasteiger partial charge is 0.471 e. The van der Waals surface area contributed by atoms with E-state index in [2.05, 4.69) is 14.7 Å². The third-order valence-electron chi connectivity index (χ3n) is 4.06. The summed E-state index contributed by atoms with van der Waals surface area (Å²) >= 11 is 0. The molecule has 1 aliphatic rings. The highest BCUT2D eigenvalue weighted by atomic mass is 19.4. The van der Waals surface area contributed by atoms with Crippen molar-refractivity contribution < 1.29 is 44.4 Å². The first-order valence-corrected chi connectivity index (χ1v) is 8.00. The van der Waals surface area contributed by atoms with Gasteiger partial charge in [0.25, 0.3) is 5.92 Å². The average molecular weight is 429 g/mol. The summed E-state index contributed by atoms with van der Waals surface area (Å²) in [7, 11) is 0. The zero-order valence-electron chi connectivity index (χ0n) is 14.2. The number of aromatic nitrogens is 2. The van der Waals surface area contributed by atoms with E-state index in [9.17, 15) is 39.9 Å². The predicted octanol–water partition coefficient (Wildman–Crippen LogP) is 4.30. The van der Waals surface area contributed by atoms with Gasteiger partial charge in [0, 0.05) is 18.5 Å². The molecule has 0 aliphatic heterocycles. The maximum atomic E-state index is 13.1. The lowest BCUT2D eigenvalue weighted by Crippen LogP contribution is -2.40. The molecule has 1 atom stereocenters. The molecule has 0 radical (unpaired) electrons. The van der Waals surface area contributed by atoms with Crippen molar-refractivity contribution in [2.24, 2.45) is 5.92 Å². The molecule has 1 saturated carbocycles. The lowest BCUT2D eigenvalue weighted by molar-refractivity contribution is -0.164. The van der Waals surface area contributed by atoms with Gasteiger partial charge in [-0.1, -0.05) is 29.4 Å². The van der Waals surface area contributed by atoms with Gasteiger partial charge in [-0.05, 0) is 5.56 Å². The molecular weight excluding hydrogens is 418 g/mol. The fraction of sp³-hybridized carbons (Fsp3) is 0.438. The molecule has 1 aromatic carbocycles. The van der Waals surface area contributed by atoms with Crippen LogP contribution in [0, 0.1) is 5.92 Å². The third kappa shape index (κ3) is 5.01. The number of nitrogens with zero attached hydrogens (tertiary/aromatic N) is 3. The Labute approximate surface area is 157 Å². The molecule has 3 rings (SSSR count). The van der Waals surface area contributed by atoms with Gasteiger partial charge < -0.3 is 9.42 Å². The Morgan fingerprint density at radius 2 is 1.72 bits per heavy atom. The van der Waals surface area contributed by atoms with Crippen LogP contribution in [-0.4, -0.2) is 39.6 Å². The third-order valence-corrected chi connectivity index (χ3v) is 4.06. The first kappa shape index (κ1) is 21.0. The molecule has 29 heavy (non-hydrogen) atoms. The van der Waals surface area contributed by atoms with Crippen molar-refractivity contribution in [1.29, 1.82) is 0 Å². The minimum atomic E-state index is -4.84. The van der Waals surface area contributed by atoms with Crippen molar-refractivity contribution in [2.45, 2.75) is 31.2 Å². The molecule has 158 valence electrons. The van der Waals surface area contributed by atoms with Crippen molar-refractivity contribution in [3.8, 4) is 11.4 Å².